The Bertz CT molecular complexity index is 2390. The molecule has 30 nitrogen and oxygen atoms in total. The Balaban J connectivity index is 0.810. The molecule has 4 saturated heterocycles. The van der Waals surface area contributed by atoms with E-state index in [0.29, 0.717) is 225 Å². The maximum absolute atomic E-state index is 13.4. The van der Waals surface area contributed by atoms with Gasteiger partial charge < -0.3 is 109 Å². The fraction of sp³-hybridized carbons (Fsp3) is 0.794. The summed E-state index contributed by atoms with van der Waals surface area (Å²) in [7, 11) is 0. The zero-order valence-corrected chi connectivity index (χ0v) is 60.8. The molecule has 9 amide bonds. The normalized spacial score (nSPS) is 18.4. The molecular formula is C68H115N9O21S2. The molecular weight excluding hydrogens is 1340 g/mol. The SMILES string of the molecule is CC(C)(C)OC(=O)CCOCCOCCOCCOCCOCCOCCOCCOCCOCCOCCOCCOCCNC(=O)c1cc(NC(=O)CCCCNC(=O)CCCC[C@@H]2SC[C@@H]3NC(=O)N[C@@H]32)cc(NC(=O)CCCCNC(=O)CCCC[C@@H]2SC[C@@H]3NC(=O)N[C@@H]32)c1. The summed E-state index contributed by atoms with van der Waals surface area (Å²) in [5.74, 6) is 0.455. The van der Waals surface area contributed by atoms with Gasteiger partial charge in [0, 0.05) is 84.3 Å². The van der Waals surface area contributed by atoms with Crippen LogP contribution in [0.1, 0.15) is 127 Å². The summed E-state index contributed by atoms with van der Waals surface area (Å²) in [4.78, 5) is 99.8. The van der Waals surface area contributed by atoms with E-state index >= 15 is 0 Å². The number of hydrogen-bond donors (Lipinski definition) is 9. The smallest absolute Gasteiger partial charge is 0.315 e. The first kappa shape index (κ1) is 85.4. The number of benzene rings is 1. The van der Waals surface area contributed by atoms with E-state index in [1.54, 1.807) is 18.2 Å². The van der Waals surface area contributed by atoms with Crippen molar-refractivity contribution in [2.45, 2.75) is 157 Å². The molecule has 100 heavy (non-hydrogen) atoms. The first-order chi connectivity index (χ1) is 48.6. The van der Waals surface area contributed by atoms with E-state index < -0.39 is 11.5 Å². The number of unbranched alkanes of at least 4 members (excludes halogenated alkanes) is 4. The van der Waals surface area contributed by atoms with E-state index in [1.165, 1.54) is 0 Å². The van der Waals surface area contributed by atoms with Gasteiger partial charge in [-0.15, -0.1) is 0 Å². The maximum Gasteiger partial charge on any atom is 0.315 e. The molecule has 0 aliphatic carbocycles. The highest BCUT2D eigenvalue weighted by atomic mass is 32.2. The van der Waals surface area contributed by atoms with E-state index in [1.807, 2.05) is 44.3 Å². The summed E-state index contributed by atoms with van der Waals surface area (Å²) >= 11 is 3.72. The highest BCUT2D eigenvalue weighted by Gasteiger charge is 2.43. The van der Waals surface area contributed by atoms with Gasteiger partial charge >= 0.3 is 18.0 Å². The molecule has 0 unspecified atom stereocenters. The summed E-state index contributed by atoms with van der Waals surface area (Å²) in [6.45, 7) is 16.3. The Labute approximate surface area is 598 Å². The zero-order chi connectivity index (χ0) is 71.5. The standard InChI is InChI=1S/C68H115N9O21S2/c1-68(2,3)98-62(82)18-22-86-24-26-88-28-30-90-32-34-92-36-38-94-40-42-96-44-45-97-43-41-95-39-37-93-35-33-91-31-29-89-27-25-87-23-21-71-65(83)51-46-52(72-60(80)16-8-10-19-69-58(78)14-6-4-12-56-63-54(49-99-56)74-66(84)76-63)48-53(47-51)73-61(81)17-9-11-20-70-59(79)15-7-5-13-57-64-55(50-100-57)75-67(85)77-64/h46-48,54-57,63-64H,4-45,49-50H2,1-3H3,(H,69,78)(H,70,79)(H,71,83)(H,72,80)(H,73,81)(H2,74,76,84)(H2,75,77,85)/t54-,55-,56-,57-,63-,64-/m0/s1. The van der Waals surface area contributed by atoms with Crippen molar-refractivity contribution in [1.82, 2.24) is 37.2 Å². The lowest BCUT2D eigenvalue weighted by atomic mass is 10.0. The van der Waals surface area contributed by atoms with Gasteiger partial charge in [-0.3, -0.25) is 28.8 Å². The van der Waals surface area contributed by atoms with Crippen LogP contribution in [0.4, 0.5) is 21.0 Å². The molecule has 4 heterocycles. The Morgan fingerprint density at radius 3 is 1.08 bits per heavy atom. The molecule has 4 fully saturated rings. The highest BCUT2D eigenvalue weighted by Crippen LogP contribution is 2.34. The average molecular weight is 1460 g/mol. The number of nitrogens with one attached hydrogen (secondary N) is 9. The van der Waals surface area contributed by atoms with Gasteiger partial charge in [-0.25, -0.2) is 9.59 Å². The molecule has 5 rings (SSSR count). The number of rotatable bonds is 62. The quantitative estimate of drug-likeness (QED) is 0.0250. The number of esters is 1. The molecule has 6 atom stereocenters. The van der Waals surface area contributed by atoms with Crippen LogP contribution in [0.3, 0.4) is 0 Å². The molecule has 1 aromatic rings. The molecule has 570 valence electrons. The molecule has 32 heteroatoms. The van der Waals surface area contributed by atoms with Crippen LogP contribution in [0.2, 0.25) is 0 Å². The summed E-state index contributed by atoms with van der Waals surface area (Å²) in [5, 5.41) is 27.1. The largest absolute Gasteiger partial charge is 0.460 e. The van der Waals surface area contributed by atoms with Gasteiger partial charge in [0.2, 0.25) is 23.6 Å². The van der Waals surface area contributed by atoms with E-state index in [4.69, 9.17) is 61.6 Å². The first-order valence-corrected chi connectivity index (χ1v) is 37.8. The van der Waals surface area contributed by atoms with Gasteiger partial charge in [-0.05, 0) is 90.3 Å². The predicted molar refractivity (Wildman–Crippen MR) is 378 cm³/mol. The van der Waals surface area contributed by atoms with E-state index in [9.17, 15) is 38.4 Å². The van der Waals surface area contributed by atoms with Crippen molar-refractivity contribution >= 4 is 82.5 Å². The van der Waals surface area contributed by atoms with Crippen molar-refractivity contribution in [3.05, 3.63) is 23.8 Å². The number of thioether (sulfide) groups is 2. The van der Waals surface area contributed by atoms with E-state index in [-0.39, 0.29) is 104 Å². The van der Waals surface area contributed by atoms with Crippen molar-refractivity contribution in [2.24, 2.45) is 0 Å². The molecule has 0 spiro atoms. The first-order valence-electron chi connectivity index (χ1n) is 35.7. The number of hydrogen-bond acceptors (Lipinski definition) is 23. The number of carbonyl (C=O) groups is 8. The van der Waals surface area contributed by atoms with Gasteiger partial charge in [0.05, 0.1) is 189 Å². The van der Waals surface area contributed by atoms with Crippen LogP contribution in [0, 0.1) is 0 Å². The second-order valence-corrected chi connectivity index (χ2v) is 27.7. The number of ether oxygens (including phenoxy) is 13. The molecule has 4 aliphatic rings. The monoisotopic (exact) mass is 1460 g/mol. The Morgan fingerprint density at radius 2 is 0.720 bits per heavy atom. The second-order valence-electron chi connectivity index (χ2n) is 25.2. The third kappa shape index (κ3) is 41.2. The number of carbonyl (C=O) groups excluding carboxylic acids is 8. The molecule has 0 radical (unpaired) electrons. The van der Waals surface area contributed by atoms with Crippen molar-refractivity contribution < 1.29 is 99.9 Å². The summed E-state index contributed by atoms with van der Waals surface area (Å²) < 4.78 is 71.6. The summed E-state index contributed by atoms with van der Waals surface area (Å²) in [6, 6.07) is 5.14. The van der Waals surface area contributed by atoms with Crippen LogP contribution in [-0.4, -0.2) is 278 Å². The molecule has 0 aromatic heterocycles. The highest BCUT2D eigenvalue weighted by molar-refractivity contribution is 8.00. The topological polar surface area (TPSA) is 365 Å². The predicted octanol–water partition coefficient (Wildman–Crippen LogP) is 4.25. The van der Waals surface area contributed by atoms with Crippen molar-refractivity contribution in [3.8, 4) is 0 Å². The van der Waals surface area contributed by atoms with Crippen LogP contribution >= 0.6 is 23.5 Å². The van der Waals surface area contributed by atoms with Crippen molar-refractivity contribution in [2.75, 3.05) is 200 Å². The third-order valence-corrected chi connectivity index (χ3v) is 18.7. The zero-order valence-electron chi connectivity index (χ0n) is 59.2. The lowest BCUT2D eigenvalue weighted by Gasteiger charge is -2.19. The number of amides is 9. The van der Waals surface area contributed by atoms with Crippen LogP contribution in [0.15, 0.2) is 18.2 Å². The molecule has 9 N–H and O–H groups in total. The lowest BCUT2D eigenvalue weighted by molar-refractivity contribution is -0.156. The Morgan fingerprint density at radius 1 is 0.390 bits per heavy atom. The molecule has 0 bridgehead atoms. The summed E-state index contributed by atoms with van der Waals surface area (Å²) in [6.07, 6.45) is 8.78. The fourth-order valence-corrected chi connectivity index (χ4v) is 13.8. The summed E-state index contributed by atoms with van der Waals surface area (Å²) in [5.41, 5.74) is 0.383. The number of fused-ring (bicyclic) bond motifs is 2. The van der Waals surface area contributed by atoms with Crippen molar-refractivity contribution in [1.29, 1.82) is 0 Å². The van der Waals surface area contributed by atoms with Crippen LogP contribution in [0.5, 0.6) is 0 Å². The van der Waals surface area contributed by atoms with Gasteiger partial charge in [-0.1, -0.05) is 12.8 Å². The van der Waals surface area contributed by atoms with Crippen LogP contribution in [-0.2, 0) is 85.6 Å². The lowest BCUT2D eigenvalue weighted by Crippen LogP contribution is -2.36. The van der Waals surface area contributed by atoms with E-state index in [2.05, 4.69) is 47.9 Å². The third-order valence-electron chi connectivity index (χ3n) is 15.7. The molecule has 0 saturated carbocycles. The van der Waals surface area contributed by atoms with Gasteiger partial charge in [0.25, 0.3) is 5.91 Å². The minimum atomic E-state index is -0.496. The van der Waals surface area contributed by atoms with E-state index in [0.717, 1.165) is 50.0 Å². The minimum Gasteiger partial charge on any atom is -0.460 e. The Hall–Kier alpha value is -5.20. The minimum absolute atomic E-state index is 0.0340. The average Bonchev–Trinajstić information content (AvgIpc) is 1.65. The second kappa shape index (κ2) is 53.6. The fourth-order valence-electron chi connectivity index (χ4n) is 10.8. The maximum atomic E-state index is 13.4. The Kier molecular flexibility index (Phi) is 45.8. The van der Waals surface area contributed by atoms with Gasteiger partial charge in [0.15, 0.2) is 0 Å². The molecule has 4 aliphatic heterocycles. The van der Waals surface area contributed by atoms with Crippen LogP contribution in [0.25, 0.3) is 0 Å². The van der Waals surface area contributed by atoms with Gasteiger partial charge in [0.1, 0.15) is 5.60 Å². The van der Waals surface area contributed by atoms with Crippen LogP contribution < -0.4 is 47.9 Å². The molecule has 1 aromatic carbocycles. The van der Waals surface area contributed by atoms with Gasteiger partial charge in [-0.2, -0.15) is 23.5 Å². The number of urea groups is 2. The van der Waals surface area contributed by atoms with Crippen molar-refractivity contribution in [3.63, 3.8) is 0 Å². The number of anilines is 2.